The Hall–Kier alpha value is -2.43. The van der Waals surface area contributed by atoms with Crippen molar-refractivity contribution in [2.75, 3.05) is 12.8 Å². The Morgan fingerprint density at radius 1 is 1.14 bits per heavy atom. The fourth-order valence-electron chi connectivity index (χ4n) is 7.31. The second kappa shape index (κ2) is 11.4. The number of carbonyl (C=O) groups excluding carboxylic acids is 2. The average Bonchev–Trinajstić information content (AvgIpc) is 3.55. The number of amides is 1. The van der Waals surface area contributed by atoms with E-state index in [-0.39, 0.29) is 54.5 Å². The van der Waals surface area contributed by atoms with E-state index in [0.717, 1.165) is 50.5 Å². The minimum Gasteiger partial charge on any atom is -0.490 e. The topological polar surface area (TPSA) is 84.5 Å². The first-order valence-corrected chi connectivity index (χ1v) is 18.7. The van der Waals surface area contributed by atoms with Gasteiger partial charge in [-0.3, -0.25) is 14.3 Å². The largest absolute Gasteiger partial charge is 0.490 e. The lowest BCUT2D eigenvalue weighted by Gasteiger charge is -2.38. The summed E-state index contributed by atoms with van der Waals surface area (Å²) in [5, 5.41) is 3.29. The van der Waals surface area contributed by atoms with Crippen molar-refractivity contribution in [1.82, 2.24) is 10.0 Å². The Labute approximate surface area is 263 Å². The van der Waals surface area contributed by atoms with Crippen LogP contribution < -0.4 is 14.8 Å². The molecule has 1 spiro atoms. The molecular formula is C34H42F2N2O4S2. The number of hydrogen-bond donors (Lipinski definition) is 2. The molecule has 2 N–H and O–H groups in total. The molecule has 6 nitrogen and oxygen atoms in total. The van der Waals surface area contributed by atoms with Gasteiger partial charge in [0.2, 0.25) is 5.91 Å². The summed E-state index contributed by atoms with van der Waals surface area (Å²) in [6.45, 7) is 3.58. The SMILES string of the molecule is CC(C)(C(=O)NS(C)(=O)=S)c1ccc(O[C@@H]2CC[C@@H](CC(=O)[C@]3(F)CNC4(CCC4)C3)C2)c(-c2cccc(F)c2C2CC2)c1. The zero-order valence-electron chi connectivity index (χ0n) is 25.7. The number of halogens is 2. The highest BCUT2D eigenvalue weighted by molar-refractivity contribution is 8.31. The van der Waals surface area contributed by atoms with Crippen LogP contribution in [-0.2, 0) is 34.9 Å². The van der Waals surface area contributed by atoms with Crippen LogP contribution in [0.2, 0.25) is 0 Å². The normalized spacial score (nSPS) is 27.5. The molecule has 3 aliphatic carbocycles. The molecule has 1 heterocycles. The minimum atomic E-state index is -2.94. The second-order valence-electron chi connectivity index (χ2n) is 14.2. The van der Waals surface area contributed by atoms with E-state index >= 15 is 8.78 Å². The molecule has 4 fully saturated rings. The van der Waals surface area contributed by atoms with Crippen molar-refractivity contribution >= 4 is 31.6 Å². The van der Waals surface area contributed by atoms with Gasteiger partial charge in [0.05, 0.1) is 11.5 Å². The molecule has 0 aromatic heterocycles. The molecule has 3 saturated carbocycles. The molecule has 0 bridgehead atoms. The van der Waals surface area contributed by atoms with Gasteiger partial charge in [-0.05, 0) is 112 Å². The van der Waals surface area contributed by atoms with Gasteiger partial charge in [0.25, 0.3) is 0 Å². The van der Waals surface area contributed by atoms with Gasteiger partial charge >= 0.3 is 0 Å². The van der Waals surface area contributed by atoms with E-state index in [1.165, 1.54) is 12.3 Å². The lowest BCUT2D eigenvalue weighted by Crippen LogP contribution is -2.46. The monoisotopic (exact) mass is 644 g/mol. The van der Waals surface area contributed by atoms with Crippen LogP contribution in [0.15, 0.2) is 36.4 Å². The van der Waals surface area contributed by atoms with E-state index in [1.54, 1.807) is 19.9 Å². The third-order valence-corrected chi connectivity index (χ3v) is 11.1. The summed E-state index contributed by atoms with van der Waals surface area (Å²) in [5.74, 6) is -0.277. The third-order valence-electron chi connectivity index (χ3n) is 10.3. The fraction of sp³-hybridized carbons (Fsp3) is 0.588. The molecule has 1 aliphatic heterocycles. The average molecular weight is 645 g/mol. The van der Waals surface area contributed by atoms with E-state index < -0.39 is 25.7 Å². The lowest BCUT2D eigenvalue weighted by molar-refractivity contribution is -0.131. The van der Waals surface area contributed by atoms with E-state index in [2.05, 4.69) is 10.0 Å². The fourth-order valence-corrected chi connectivity index (χ4v) is 8.13. The van der Waals surface area contributed by atoms with Crippen LogP contribution in [0, 0.1) is 11.7 Å². The number of nitrogens with one attached hydrogen (secondary N) is 2. The van der Waals surface area contributed by atoms with Crippen LogP contribution in [-0.4, -0.2) is 46.0 Å². The molecule has 4 atom stereocenters. The molecular weight excluding hydrogens is 603 g/mol. The molecule has 1 amide bonds. The summed E-state index contributed by atoms with van der Waals surface area (Å²) in [7, 11) is -2.94. The van der Waals surface area contributed by atoms with Gasteiger partial charge in [0, 0.05) is 47.9 Å². The molecule has 238 valence electrons. The number of ether oxygens (including phenoxy) is 1. The predicted octanol–water partition coefficient (Wildman–Crippen LogP) is 6.19. The maximum atomic E-state index is 15.7. The van der Waals surface area contributed by atoms with E-state index in [0.29, 0.717) is 28.9 Å². The van der Waals surface area contributed by atoms with E-state index in [4.69, 9.17) is 15.9 Å². The summed E-state index contributed by atoms with van der Waals surface area (Å²) in [4.78, 5) is 26.2. The Morgan fingerprint density at radius 2 is 1.89 bits per heavy atom. The van der Waals surface area contributed by atoms with Crippen molar-refractivity contribution in [2.24, 2.45) is 5.92 Å². The molecule has 4 aliphatic rings. The number of ketones is 1. The van der Waals surface area contributed by atoms with Crippen molar-refractivity contribution in [2.45, 2.75) is 107 Å². The van der Waals surface area contributed by atoms with Gasteiger partial charge in [-0.15, -0.1) is 0 Å². The standard InChI is InChI=1S/C34H42F2N2O4S2/c1-32(2,31(40)38-44(3,41)43)23-11-13-28(26(18-23)25-6-4-7-27(35)30(25)22-9-10-22)42-24-12-8-21(16-24)17-29(39)34(36)19-33(37-20-34)14-5-15-33/h4,6-7,11,13,18,21-22,24,37H,5,8-10,12,14-17,19-20H2,1-3H3,(H,38,40)/t21-,24-,34-,44?/m1/s1. The van der Waals surface area contributed by atoms with Crippen LogP contribution >= 0.6 is 0 Å². The van der Waals surface area contributed by atoms with Crippen molar-refractivity contribution in [3.8, 4) is 16.9 Å². The second-order valence-corrected chi connectivity index (χ2v) is 17.8. The maximum absolute atomic E-state index is 15.7. The quantitative estimate of drug-likeness (QED) is 0.321. The number of rotatable bonds is 10. The first-order chi connectivity index (χ1) is 20.7. The Morgan fingerprint density at radius 3 is 2.52 bits per heavy atom. The minimum absolute atomic E-state index is 0.0434. The summed E-state index contributed by atoms with van der Waals surface area (Å²) in [5.41, 5.74) is -0.325. The first-order valence-electron chi connectivity index (χ1n) is 15.8. The van der Waals surface area contributed by atoms with Crippen LogP contribution in [0.5, 0.6) is 5.75 Å². The molecule has 2 aromatic carbocycles. The Bertz CT molecular complexity index is 1590. The summed E-state index contributed by atoms with van der Waals surface area (Å²) < 4.78 is 52.1. The molecule has 44 heavy (non-hydrogen) atoms. The van der Waals surface area contributed by atoms with Crippen LogP contribution in [0.4, 0.5) is 8.78 Å². The van der Waals surface area contributed by atoms with Gasteiger partial charge in [-0.1, -0.05) is 18.2 Å². The molecule has 6 rings (SSSR count). The first kappa shape index (κ1) is 31.5. The van der Waals surface area contributed by atoms with Gasteiger partial charge in [-0.2, -0.15) is 0 Å². The summed E-state index contributed by atoms with van der Waals surface area (Å²) >= 11 is 4.93. The predicted molar refractivity (Wildman–Crippen MR) is 171 cm³/mol. The molecule has 1 unspecified atom stereocenters. The van der Waals surface area contributed by atoms with Crippen molar-refractivity contribution in [1.29, 1.82) is 0 Å². The molecule has 2 aromatic rings. The zero-order chi connectivity index (χ0) is 31.5. The Balaban J connectivity index is 1.24. The Kier molecular flexibility index (Phi) is 8.19. The van der Waals surface area contributed by atoms with Crippen molar-refractivity contribution < 1.29 is 27.3 Å². The summed E-state index contributed by atoms with van der Waals surface area (Å²) in [6, 6.07) is 10.5. The van der Waals surface area contributed by atoms with Gasteiger partial charge in [0.15, 0.2) is 11.5 Å². The zero-order valence-corrected chi connectivity index (χ0v) is 27.3. The van der Waals surface area contributed by atoms with E-state index in [9.17, 15) is 13.8 Å². The highest BCUT2D eigenvalue weighted by Gasteiger charge is 2.55. The lowest BCUT2D eigenvalue weighted by atomic mass is 9.73. The number of benzene rings is 2. The van der Waals surface area contributed by atoms with Crippen LogP contribution in [0.25, 0.3) is 11.1 Å². The van der Waals surface area contributed by atoms with Crippen LogP contribution in [0.1, 0.15) is 95.1 Å². The number of hydrogen-bond acceptors (Lipinski definition) is 6. The number of alkyl halides is 1. The number of Topliss-reactive ketones (excluding diaryl/α,β-unsaturated/α-hetero) is 1. The van der Waals surface area contributed by atoms with Crippen LogP contribution in [0.3, 0.4) is 0 Å². The smallest absolute Gasteiger partial charge is 0.241 e. The third kappa shape index (κ3) is 6.31. The van der Waals surface area contributed by atoms with Crippen molar-refractivity contribution in [3.63, 3.8) is 0 Å². The molecule has 1 saturated heterocycles. The highest BCUT2D eigenvalue weighted by Crippen LogP contribution is 2.49. The van der Waals surface area contributed by atoms with E-state index in [1.807, 2.05) is 24.3 Å². The molecule has 0 radical (unpaired) electrons. The highest BCUT2D eigenvalue weighted by atomic mass is 32.8. The summed E-state index contributed by atoms with van der Waals surface area (Å²) in [6.07, 6.45) is 8.55. The van der Waals surface area contributed by atoms with Crippen molar-refractivity contribution in [3.05, 3.63) is 53.3 Å². The maximum Gasteiger partial charge on any atom is 0.241 e. The number of carbonyl (C=O) groups is 2. The van der Waals surface area contributed by atoms with Gasteiger partial charge < -0.3 is 10.1 Å². The molecule has 10 heteroatoms. The van der Waals surface area contributed by atoms with Gasteiger partial charge in [-0.25, -0.2) is 13.0 Å². The van der Waals surface area contributed by atoms with Gasteiger partial charge in [0.1, 0.15) is 20.2 Å².